The van der Waals surface area contributed by atoms with Gasteiger partial charge in [-0.25, -0.2) is 17.2 Å². The maximum absolute atomic E-state index is 13.4. The first-order valence-electron chi connectivity index (χ1n) is 8.63. The van der Waals surface area contributed by atoms with Crippen molar-refractivity contribution in [2.24, 2.45) is 0 Å². The topological polar surface area (TPSA) is 81.2 Å². The second kappa shape index (κ2) is 6.69. The Morgan fingerprint density at radius 2 is 1.68 bits per heavy atom. The molecule has 2 aromatic heterocycles. The Balaban J connectivity index is 2.07. The Hall–Kier alpha value is -3.32. The number of aromatic amines is 1. The van der Waals surface area contributed by atoms with E-state index in [2.05, 4.69) is 4.98 Å². The fourth-order valence-corrected chi connectivity index (χ4v) is 5.12. The first kappa shape index (κ1) is 18.1. The van der Waals surface area contributed by atoms with Gasteiger partial charge in [0.2, 0.25) is 0 Å². The summed E-state index contributed by atoms with van der Waals surface area (Å²) in [5.74, 6) is -0.488. The van der Waals surface area contributed by atoms with Gasteiger partial charge in [0.1, 0.15) is 0 Å². The molecular formula is C21H18N2O4S. The van der Waals surface area contributed by atoms with Gasteiger partial charge in [0.25, 0.3) is 10.0 Å². The van der Waals surface area contributed by atoms with Crippen LogP contribution in [0, 0.1) is 6.92 Å². The molecule has 0 aliphatic carbocycles. The average molecular weight is 394 g/mol. The summed E-state index contributed by atoms with van der Waals surface area (Å²) >= 11 is 0. The highest BCUT2D eigenvalue weighted by molar-refractivity contribution is 7.90. The number of para-hydroxylation sites is 1. The van der Waals surface area contributed by atoms with E-state index in [1.165, 1.54) is 11.1 Å². The molecule has 0 bridgehead atoms. The van der Waals surface area contributed by atoms with Crippen LogP contribution in [0.25, 0.3) is 22.0 Å². The van der Waals surface area contributed by atoms with Gasteiger partial charge in [-0.05, 0) is 25.1 Å². The third-order valence-electron chi connectivity index (χ3n) is 4.76. The Labute approximate surface area is 162 Å². The van der Waals surface area contributed by atoms with Gasteiger partial charge in [-0.15, -0.1) is 0 Å². The van der Waals surface area contributed by atoms with Gasteiger partial charge in [0.15, 0.2) is 0 Å². The van der Waals surface area contributed by atoms with Gasteiger partial charge in [-0.1, -0.05) is 36.4 Å². The molecular weight excluding hydrogens is 376 g/mol. The molecule has 6 nitrogen and oxygen atoms in total. The Kier molecular flexibility index (Phi) is 4.31. The summed E-state index contributed by atoms with van der Waals surface area (Å²) in [4.78, 5) is 15.3. The lowest BCUT2D eigenvalue weighted by Crippen LogP contribution is -2.14. The van der Waals surface area contributed by atoms with Crippen molar-refractivity contribution in [3.05, 3.63) is 78.2 Å². The minimum absolute atomic E-state index is 0.202. The number of esters is 1. The van der Waals surface area contributed by atoms with Crippen LogP contribution in [-0.2, 0) is 14.8 Å². The van der Waals surface area contributed by atoms with Crippen LogP contribution in [0.5, 0.6) is 0 Å². The quantitative estimate of drug-likeness (QED) is 0.531. The zero-order valence-electron chi connectivity index (χ0n) is 15.3. The highest BCUT2D eigenvalue weighted by atomic mass is 32.2. The maximum Gasteiger partial charge on any atom is 0.340 e. The van der Waals surface area contributed by atoms with Crippen molar-refractivity contribution in [3.8, 4) is 11.1 Å². The normalized spacial score (nSPS) is 11.6. The first-order valence-corrected chi connectivity index (χ1v) is 10.1. The number of H-pyrrole nitrogens is 1. The third kappa shape index (κ3) is 2.63. The highest BCUT2D eigenvalue weighted by Crippen LogP contribution is 2.38. The Bertz CT molecular complexity index is 1280. The van der Waals surface area contributed by atoms with E-state index in [9.17, 15) is 13.2 Å². The number of methoxy groups -OCH3 is 1. The molecule has 142 valence electrons. The largest absolute Gasteiger partial charge is 0.465 e. The van der Waals surface area contributed by atoms with E-state index < -0.39 is 16.0 Å². The summed E-state index contributed by atoms with van der Waals surface area (Å²) in [6.07, 6.45) is 3.24. The van der Waals surface area contributed by atoms with E-state index in [4.69, 9.17) is 4.74 Å². The molecule has 28 heavy (non-hydrogen) atoms. The first-order chi connectivity index (χ1) is 13.5. The van der Waals surface area contributed by atoms with Gasteiger partial charge in [-0.2, -0.15) is 0 Å². The zero-order chi connectivity index (χ0) is 19.9. The maximum atomic E-state index is 13.4. The fourth-order valence-electron chi connectivity index (χ4n) is 3.54. The average Bonchev–Trinajstić information content (AvgIpc) is 3.29. The SMILES string of the molecule is COC(=O)c1c[nH]cc1-c1c(C)n(S(=O)(=O)c2ccccc2)c2ccccc12. The minimum atomic E-state index is -3.81. The van der Waals surface area contributed by atoms with Crippen LogP contribution >= 0.6 is 0 Å². The van der Waals surface area contributed by atoms with Crippen LogP contribution in [0.2, 0.25) is 0 Å². The molecule has 4 rings (SSSR count). The predicted molar refractivity (Wildman–Crippen MR) is 107 cm³/mol. The molecule has 0 fully saturated rings. The molecule has 1 N–H and O–H groups in total. The van der Waals surface area contributed by atoms with E-state index in [0.29, 0.717) is 27.9 Å². The molecule has 2 aromatic carbocycles. The molecule has 4 aromatic rings. The van der Waals surface area contributed by atoms with Crippen molar-refractivity contribution in [2.45, 2.75) is 11.8 Å². The number of carbonyl (C=O) groups is 1. The van der Waals surface area contributed by atoms with Crippen molar-refractivity contribution in [2.75, 3.05) is 7.11 Å². The number of nitrogens with one attached hydrogen (secondary N) is 1. The highest BCUT2D eigenvalue weighted by Gasteiger charge is 2.27. The zero-order valence-corrected chi connectivity index (χ0v) is 16.2. The molecule has 0 saturated carbocycles. The standard InChI is InChI=1S/C21H18N2O4S/c1-14-20(17-12-22-13-18(17)21(24)27-2)16-10-6-7-11-19(16)23(14)28(25,26)15-8-4-3-5-9-15/h3-13,22H,1-2H3. The van der Waals surface area contributed by atoms with Crippen molar-refractivity contribution in [1.29, 1.82) is 0 Å². The molecule has 0 radical (unpaired) electrons. The Morgan fingerprint density at radius 3 is 2.39 bits per heavy atom. The second-order valence-corrected chi connectivity index (χ2v) is 8.12. The lowest BCUT2D eigenvalue weighted by Gasteiger charge is -2.10. The molecule has 7 heteroatoms. The van der Waals surface area contributed by atoms with Gasteiger partial charge in [0, 0.05) is 34.6 Å². The van der Waals surface area contributed by atoms with Gasteiger partial charge < -0.3 is 9.72 Å². The third-order valence-corrected chi connectivity index (χ3v) is 6.58. The number of benzene rings is 2. The number of ether oxygens (including phenoxy) is 1. The molecule has 2 heterocycles. The van der Waals surface area contributed by atoms with Crippen LogP contribution < -0.4 is 0 Å². The second-order valence-electron chi connectivity index (χ2n) is 6.33. The molecule has 0 unspecified atom stereocenters. The molecule has 0 spiro atoms. The van der Waals surface area contributed by atoms with Crippen LogP contribution in [0.3, 0.4) is 0 Å². The van der Waals surface area contributed by atoms with Crippen molar-refractivity contribution in [3.63, 3.8) is 0 Å². The molecule has 0 aliphatic rings. The predicted octanol–water partition coefficient (Wildman–Crippen LogP) is 3.97. The van der Waals surface area contributed by atoms with E-state index in [1.807, 2.05) is 12.1 Å². The lowest BCUT2D eigenvalue weighted by molar-refractivity contribution is 0.0602. The Morgan fingerprint density at radius 1 is 1.00 bits per heavy atom. The number of nitrogens with zero attached hydrogens (tertiary/aromatic N) is 1. The lowest BCUT2D eigenvalue weighted by atomic mass is 10.0. The number of fused-ring (bicyclic) bond motifs is 1. The monoisotopic (exact) mass is 394 g/mol. The molecule has 0 atom stereocenters. The van der Waals surface area contributed by atoms with E-state index in [-0.39, 0.29) is 4.90 Å². The van der Waals surface area contributed by atoms with Gasteiger partial charge in [0.05, 0.1) is 23.1 Å². The molecule has 0 saturated heterocycles. The number of hydrogen-bond donors (Lipinski definition) is 1. The van der Waals surface area contributed by atoms with Crippen molar-refractivity contribution >= 4 is 26.9 Å². The van der Waals surface area contributed by atoms with Crippen LogP contribution in [0.4, 0.5) is 0 Å². The van der Waals surface area contributed by atoms with E-state index in [1.54, 1.807) is 61.8 Å². The summed E-state index contributed by atoms with van der Waals surface area (Å²) in [6.45, 7) is 1.74. The van der Waals surface area contributed by atoms with Crippen LogP contribution in [0.15, 0.2) is 71.9 Å². The van der Waals surface area contributed by atoms with Crippen molar-refractivity contribution < 1.29 is 17.9 Å². The van der Waals surface area contributed by atoms with Crippen molar-refractivity contribution in [1.82, 2.24) is 8.96 Å². The number of aromatic nitrogens is 2. The smallest absolute Gasteiger partial charge is 0.340 e. The summed E-state index contributed by atoms with van der Waals surface area (Å²) in [5, 5.41) is 0.740. The fraction of sp³-hybridized carbons (Fsp3) is 0.0952. The summed E-state index contributed by atoms with van der Waals surface area (Å²) in [6, 6.07) is 15.5. The van der Waals surface area contributed by atoms with E-state index >= 15 is 0 Å². The number of carbonyl (C=O) groups excluding carboxylic acids is 1. The minimum Gasteiger partial charge on any atom is -0.465 e. The van der Waals surface area contributed by atoms with E-state index in [0.717, 1.165) is 5.39 Å². The summed E-state index contributed by atoms with van der Waals surface area (Å²) in [7, 11) is -2.50. The van der Waals surface area contributed by atoms with Crippen LogP contribution in [0.1, 0.15) is 16.1 Å². The number of hydrogen-bond acceptors (Lipinski definition) is 4. The summed E-state index contributed by atoms with van der Waals surface area (Å²) in [5.41, 5.74) is 2.70. The number of rotatable bonds is 4. The van der Waals surface area contributed by atoms with Gasteiger partial charge in [-0.3, -0.25) is 0 Å². The molecule has 0 amide bonds. The van der Waals surface area contributed by atoms with Gasteiger partial charge >= 0.3 is 5.97 Å². The van der Waals surface area contributed by atoms with Crippen LogP contribution in [-0.4, -0.2) is 30.5 Å². The summed E-state index contributed by atoms with van der Waals surface area (Å²) < 4.78 is 33.0. The molecule has 0 aliphatic heterocycles.